The summed E-state index contributed by atoms with van der Waals surface area (Å²) in [6, 6.07) is 4.80. The topological polar surface area (TPSA) is 57.5 Å². The molecule has 0 aliphatic rings. The van der Waals surface area contributed by atoms with Crippen LogP contribution in [0, 0.1) is 0 Å². The minimum atomic E-state index is -0.605. The number of halogens is 1. The SMILES string of the molecule is COC(=O)c1ccc2c(c1)c(Cl)cn2C(=O)OC(C)(C)C. The second-order valence-corrected chi connectivity index (χ2v) is 5.96. The summed E-state index contributed by atoms with van der Waals surface area (Å²) in [6.07, 6.45) is 0.951. The van der Waals surface area contributed by atoms with Crippen molar-refractivity contribution in [1.29, 1.82) is 0 Å². The lowest BCUT2D eigenvalue weighted by atomic mass is 10.1. The minimum absolute atomic E-state index is 0.363. The zero-order chi connectivity index (χ0) is 15.8. The molecular weight excluding hydrogens is 294 g/mol. The zero-order valence-corrected chi connectivity index (χ0v) is 13.0. The fourth-order valence-electron chi connectivity index (χ4n) is 1.90. The molecule has 0 bridgehead atoms. The van der Waals surface area contributed by atoms with Gasteiger partial charge in [0, 0.05) is 11.6 Å². The zero-order valence-electron chi connectivity index (χ0n) is 12.3. The predicted molar refractivity (Wildman–Crippen MR) is 79.9 cm³/mol. The van der Waals surface area contributed by atoms with E-state index in [2.05, 4.69) is 4.74 Å². The van der Waals surface area contributed by atoms with Gasteiger partial charge in [0.25, 0.3) is 0 Å². The van der Waals surface area contributed by atoms with E-state index < -0.39 is 17.7 Å². The number of esters is 1. The first-order valence-corrected chi connectivity index (χ1v) is 6.73. The largest absolute Gasteiger partial charge is 0.465 e. The van der Waals surface area contributed by atoms with Crippen molar-refractivity contribution >= 4 is 34.6 Å². The molecule has 6 heteroatoms. The summed E-state index contributed by atoms with van der Waals surface area (Å²) in [4.78, 5) is 23.7. The number of hydrogen-bond donors (Lipinski definition) is 0. The lowest BCUT2D eigenvalue weighted by Crippen LogP contribution is -2.26. The van der Waals surface area contributed by atoms with Crippen molar-refractivity contribution in [2.75, 3.05) is 7.11 Å². The highest BCUT2D eigenvalue weighted by molar-refractivity contribution is 6.36. The van der Waals surface area contributed by atoms with Crippen molar-refractivity contribution in [2.24, 2.45) is 0 Å². The van der Waals surface area contributed by atoms with Crippen LogP contribution in [0.25, 0.3) is 10.9 Å². The molecule has 2 rings (SSSR count). The Bertz CT molecular complexity index is 712. The molecule has 0 amide bonds. The molecule has 5 nitrogen and oxygen atoms in total. The quantitative estimate of drug-likeness (QED) is 0.750. The molecule has 2 aromatic rings. The van der Waals surface area contributed by atoms with Gasteiger partial charge in [0.15, 0.2) is 0 Å². The van der Waals surface area contributed by atoms with Crippen molar-refractivity contribution < 1.29 is 19.1 Å². The maximum atomic E-state index is 12.2. The van der Waals surface area contributed by atoms with Crippen molar-refractivity contribution in [3.8, 4) is 0 Å². The summed E-state index contributed by atoms with van der Waals surface area (Å²) in [5.74, 6) is -0.460. The Morgan fingerprint density at radius 1 is 1.24 bits per heavy atom. The highest BCUT2D eigenvalue weighted by Crippen LogP contribution is 2.28. The third-order valence-electron chi connectivity index (χ3n) is 2.77. The Morgan fingerprint density at radius 2 is 1.90 bits per heavy atom. The van der Waals surface area contributed by atoms with Crippen molar-refractivity contribution in [3.05, 3.63) is 35.0 Å². The van der Waals surface area contributed by atoms with Crippen LogP contribution in [0.5, 0.6) is 0 Å². The van der Waals surface area contributed by atoms with Gasteiger partial charge in [-0.1, -0.05) is 11.6 Å². The molecule has 0 radical (unpaired) electrons. The van der Waals surface area contributed by atoms with Gasteiger partial charge in [-0.05, 0) is 39.0 Å². The van der Waals surface area contributed by atoms with E-state index >= 15 is 0 Å². The molecule has 21 heavy (non-hydrogen) atoms. The van der Waals surface area contributed by atoms with Gasteiger partial charge < -0.3 is 9.47 Å². The van der Waals surface area contributed by atoms with Crippen LogP contribution in [-0.4, -0.2) is 29.3 Å². The van der Waals surface area contributed by atoms with Gasteiger partial charge in [0.05, 0.1) is 23.2 Å². The van der Waals surface area contributed by atoms with Crippen LogP contribution in [0.15, 0.2) is 24.4 Å². The van der Waals surface area contributed by atoms with Crippen LogP contribution in [0.2, 0.25) is 5.02 Å². The van der Waals surface area contributed by atoms with E-state index in [1.165, 1.54) is 17.9 Å². The third-order valence-corrected chi connectivity index (χ3v) is 3.07. The average molecular weight is 310 g/mol. The number of fused-ring (bicyclic) bond motifs is 1. The number of nitrogens with zero attached hydrogens (tertiary/aromatic N) is 1. The highest BCUT2D eigenvalue weighted by atomic mass is 35.5. The van der Waals surface area contributed by atoms with E-state index in [9.17, 15) is 9.59 Å². The third kappa shape index (κ3) is 3.19. The van der Waals surface area contributed by atoms with Gasteiger partial charge in [0.2, 0.25) is 0 Å². The first-order valence-electron chi connectivity index (χ1n) is 6.35. The molecule has 0 atom stereocenters. The van der Waals surface area contributed by atoms with Crippen molar-refractivity contribution in [2.45, 2.75) is 26.4 Å². The minimum Gasteiger partial charge on any atom is -0.465 e. The number of hydrogen-bond acceptors (Lipinski definition) is 4. The summed E-state index contributed by atoms with van der Waals surface area (Å²) in [6.45, 7) is 5.36. The molecule has 0 aliphatic heterocycles. The van der Waals surface area contributed by atoms with Gasteiger partial charge in [0.1, 0.15) is 5.60 Å². The van der Waals surface area contributed by atoms with E-state index in [-0.39, 0.29) is 0 Å². The van der Waals surface area contributed by atoms with Gasteiger partial charge in [-0.25, -0.2) is 9.59 Å². The Labute approximate surface area is 127 Å². The summed E-state index contributed by atoms with van der Waals surface area (Å²) in [7, 11) is 1.31. The van der Waals surface area contributed by atoms with Gasteiger partial charge >= 0.3 is 12.1 Å². The molecule has 112 valence electrons. The van der Waals surface area contributed by atoms with Gasteiger partial charge in [-0.15, -0.1) is 0 Å². The van der Waals surface area contributed by atoms with Crippen LogP contribution < -0.4 is 0 Å². The van der Waals surface area contributed by atoms with Crippen LogP contribution in [0.4, 0.5) is 4.79 Å². The molecule has 0 fully saturated rings. The standard InChI is InChI=1S/C15H16ClNO4/c1-15(2,3)21-14(19)17-8-11(16)10-7-9(13(18)20-4)5-6-12(10)17/h5-8H,1-4H3. The molecule has 0 unspecified atom stereocenters. The number of carbonyl (C=O) groups is 2. The lowest BCUT2D eigenvalue weighted by molar-refractivity contribution is 0.0543. The maximum absolute atomic E-state index is 12.2. The van der Waals surface area contributed by atoms with E-state index in [0.717, 1.165) is 0 Å². The molecule has 0 aliphatic carbocycles. The van der Waals surface area contributed by atoms with E-state index in [4.69, 9.17) is 16.3 Å². The summed E-state index contributed by atoms with van der Waals surface area (Å²) < 4.78 is 11.3. The molecule has 1 aromatic carbocycles. The molecule has 1 heterocycles. The number of methoxy groups -OCH3 is 1. The number of carbonyl (C=O) groups excluding carboxylic acids is 2. The van der Waals surface area contributed by atoms with Gasteiger partial charge in [-0.3, -0.25) is 4.57 Å². The summed E-state index contributed by atoms with van der Waals surface area (Å²) in [5.41, 5.74) is 0.335. The molecule has 0 saturated carbocycles. The molecule has 1 aromatic heterocycles. The van der Waals surface area contributed by atoms with E-state index in [1.54, 1.807) is 39.0 Å². The molecular formula is C15H16ClNO4. The Hall–Kier alpha value is -2.01. The number of ether oxygens (including phenoxy) is 2. The summed E-state index contributed by atoms with van der Waals surface area (Å²) in [5, 5.41) is 0.951. The Balaban J connectivity index is 2.49. The average Bonchev–Trinajstić information content (AvgIpc) is 2.73. The van der Waals surface area contributed by atoms with Crippen molar-refractivity contribution in [1.82, 2.24) is 4.57 Å². The fourth-order valence-corrected chi connectivity index (χ4v) is 2.15. The van der Waals surface area contributed by atoms with Crippen LogP contribution >= 0.6 is 11.6 Å². The van der Waals surface area contributed by atoms with Gasteiger partial charge in [-0.2, -0.15) is 0 Å². The first-order chi connectivity index (χ1) is 9.73. The number of aromatic nitrogens is 1. The Morgan fingerprint density at radius 3 is 2.48 bits per heavy atom. The smallest absolute Gasteiger partial charge is 0.419 e. The maximum Gasteiger partial charge on any atom is 0.419 e. The number of rotatable bonds is 1. The summed E-state index contributed by atoms with van der Waals surface area (Å²) >= 11 is 6.13. The highest BCUT2D eigenvalue weighted by Gasteiger charge is 2.21. The van der Waals surface area contributed by atoms with Crippen LogP contribution in [0.1, 0.15) is 31.1 Å². The second-order valence-electron chi connectivity index (χ2n) is 5.55. The number of benzene rings is 1. The van der Waals surface area contributed by atoms with Crippen LogP contribution in [0.3, 0.4) is 0 Å². The monoisotopic (exact) mass is 309 g/mol. The normalized spacial score (nSPS) is 11.5. The molecule has 0 spiro atoms. The lowest BCUT2D eigenvalue weighted by Gasteiger charge is -2.19. The van der Waals surface area contributed by atoms with E-state index in [0.29, 0.717) is 21.5 Å². The Kier molecular flexibility index (Phi) is 3.96. The molecule has 0 saturated heterocycles. The second kappa shape index (κ2) is 5.41. The molecule has 0 N–H and O–H groups in total. The van der Waals surface area contributed by atoms with E-state index in [1.807, 2.05) is 0 Å². The predicted octanol–water partition coefficient (Wildman–Crippen LogP) is 3.86. The fraction of sp³-hybridized carbons (Fsp3) is 0.333. The van der Waals surface area contributed by atoms with Crippen LogP contribution in [-0.2, 0) is 9.47 Å². The van der Waals surface area contributed by atoms with Crippen molar-refractivity contribution in [3.63, 3.8) is 0 Å². The first kappa shape index (κ1) is 15.4.